The number of nitrogens with two attached hydrogens (primary N) is 8. The number of benzene rings is 2. The van der Waals surface area contributed by atoms with Crippen LogP contribution in [0.4, 0.5) is 5.95 Å². The second kappa shape index (κ2) is 22.4. The number of anilines is 1. The van der Waals surface area contributed by atoms with E-state index in [9.17, 15) is 39.0 Å². The third-order valence-electron chi connectivity index (χ3n) is 7.61. The molecule has 23 N–H and O–H groups in total. The van der Waals surface area contributed by atoms with Gasteiger partial charge in [0.15, 0.2) is 17.9 Å². The summed E-state index contributed by atoms with van der Waals surface area (Å²) >= 11 is 0. The van der Waals surface area contributed by atoms with Gasteiger partial charge in [0.1, 0.15) is 11.8 Å². The fourth-order valence-corrected chi connectivity index (χ4v) is 4.95. The Morgan fingerprint density at radius 1 is 0.597 bits per heavy atom. The molecule has 28 nitrogen and oxygen atoms in total. The van der Waals surface area contributed by atoms with Gasteiger partial charge in [0.2, 0.25) is 42.7 Å². The Kier molecular flexibility index (Phi) is 17.2. The first-order valence-corrected chi connectivity index (χ1v) is 17.7. The van der Waals surface area contributed by atoms with Gasteiger partial charge >= 0.3 is 0 Å². The number of aliphatic imine (C=N–C) groups is 4. The maximum atomic E-state index is 14.0. The Balaban J connectivity index is 1.92. The van der Waals surface area contributed by atoms with Gasteiger partial charge in [-0.15, -0.1) is 0 Å². The van der Waals surface area contributed by atoms with Crippen molar-refractivity contribution in [2.24, 2.45) is 65.8 Å². The van der Waals surface area contributed by atoms with Gasteiger partial charge in [-0.05, 0) is 36.2 Å². The Bertz CT molecular complexity index is 2170. The molecule has 3 rings (SSSR count). The highest BCUT2D eigenvalue weighted by Gasteiger charge is 2.35. The van der Waals surface area contributed by atoms with Crippen molar-refractivity contribution in [3.8, 4) is 5.75 Å². The zero-order valence-electron chi connectivity index (χ0n) is 32.7. The first-order chi connectivity index (χ1) is 29.2. The van der Waals surface area contributed by atoms with E-state index in [0.29, 0.717) is 5.56 Å². The molecule has 0 aliphatic carbocycles. The van der Waals surface area contributed by atoms with E-state index in [4.69, 9.17) is 45.9 Å². The lowest BCUT2D eigenvalue weighted by atomic mass is 10.1. The molecule has 0 aliphatic rings. The fraction of sp³-hybridized carbons (Fsp3) is 0.235. The number of aromatic nitrogens is 2. The van der Waals surface area contributed by atoms with Crippen molar-refractivity contribution in [3.05, 3.63) is 84.2 Å². The average Bonchev–Trinajstić information content (AvgIpc) is 3.21. The maximum absolute atomic E-state index is 14.0. The number of hydrogen-bond donors (Lipinski definition) is 15. The van der Waals surface area contributed by atoms with Crippen LogP contribution >= 0.6 is 0 Å². The molecule has 0 aliphatic heterocycles. The van der Waals surface area contributed by atoms with Gasteiger partial charge in [-0.3, -0.25) is 28.8 Å². The summed E-state index contributed by atoms with van der Waals surface area (Å²) < 4.78 is 0. The Labute approximate surface area is 351 Å². The van der Waals surface area contributed by atoms with E-state index < -0.39 is 90.3 Å². The van der Waals surface area contributed by atoms with Gasteiger partial charge in [-0.25, -0.2) is 29.9 Å². The average molecular weight is 863 g/mol. The van der Waals surface area contributed by atoms with Crippen LogP contribution < -0.4 is 77.4 Å². The van der Waals surface area contributed by atoms with Crippen LogP contribution in [0.25, 0.3) is 0 Å². The monoisotopic (exact) mass is 862 g/mol. The number of nitrogens with one attached hydrogen (secondary N) is 5. The van der Waals surface area contributed by atoms with E-state index in [1.165, 1.54) is 73.9 Å². The van der Waals surface area contributed by atoms with Gasteiger partial charge in [0, 0.05) is 18.9 Å². The largest absolute Gasteiger partial charge is 0.508 e. The summed E-state index contributed by atoms with van der Waals surface area (Å²) in [6.07, 6.45) is -7.23. The molecule has 0 bridgehead atoms. The molecule has 3 aromatic rings. The quantitative estimate of drug-likeness (QED) is 0.0285. The fourth-order valence-electron chi connectivity index (χ4n) is 4.95. The standard InChI is InChI=1S/C34H46N20O8/c1-15(35)45-22(26(58)47-21(20(36)56)51-31(37)38)49-28(60)24(53-33(41)42)50-27(59)23(52-32(39)40)48-25(57)19(17-6-3-2-4-7-17)46-29(61)30(62)54(34-43-12-5-13-44-34)14-16-8-10-18(55)11-9-16/h2-13,19,21-24,30,55,62H,14H2,1H3,(H2,35,45)(H2,36,56)(H,46,61)(H,47,58)(H,48,57)(H,49,60)(H,50,59)(H4,37,38,51)(H4,39,40,52)(H4,41,42,53). The van der Waals surface area contributed by atoms with Gasteiger partial charge in [-0.2, -0.15) is 0 Å². The lowest BCUT2D eigenvalue weighted by Crippen LogP contribution is -2.58. The number of phenolic OH excluding ortho intramolecular Hbond substituents is 1. The Morgan fingerprint density at radius 2 is 1.05 bits per heavy atom. The number of hydrogen-bond acceptors (Lipinski definition) is 15. The van der Waals surface area contributed by atoms with Gasteiger partial charge in [0.25, 0.3) is 29.5 Å². The van der Waals surface area contributed by atoms with Crippen LogP contribution in [0.2, 0.25) is 0 Å². The molecule has 0 fully saturated rings. The number of guanidine groups is 3. The highest BCUT2D eigenvalue weighted by molar-refractivity contribution is 5.99. The number of amides is 6. The predicted octanol–water partition coefficient (Wildman–Crippen LogP) is -7.18. The molecule has 0 saturated heterocycles. The molecule has 0 spiro atoms. The molecule has 1 heterocycles. The minimum atomic E-state index is -2.10. The van der Waals surface area contributed by atoms with Crippen molar-refractivity contribution in [2.75, 3.05) is 4.90 Å². The molecule has 6 unspecified atom stereocenters. The summed E-state index contributed by atoms with van der Waals surface area (Å²) in [6.45, 7) is 1.09. The first kappa shape index (κ1) is 47.6. The maximum Gasteiger partial charge on any atom is 0.271 e. The zero-order valence-corrected chi connectivity index (χ0v) is 32.7. The number of carbonyl (C=O) groups excluding carboxylic acids is 6. The smallest absolute Gasteiger partial charge is 0.271 e. The molecule has 6 amide bonds. The molecule has 2 aromatic carbocycles. The Hall–Kier alpha value is -8.82. The highest BCUT2D eigenvalue weighted by Crippen LogP contribution is 2.19. The molecular formula is C34H46N20O8. The number of aromatic hydroxyl groups is 1. The molecule has 0 radical (unpaired) electrons. The third kappa shape index (κ3) is 14.8. The number of nitrogens with zero attached hydrogens (tertiary/aromatic N) is 7. The summed E-state index contributed by atoms with van der Waals surface area (Å²) in [5.41, 5.74) is 44.2. The second-order valence-corrected chi connectivity index (χ2v) is 12.5. The minimum Gasteiger partial charge on any atom is -0.508 e. The van der Waals surface area contributed by atoms with E-state index in [1.54, 1.807) is 6.07 Å². The van der Waals surface area contributed by atoms with Crippen LogP contribution in [0.3, 0.4) is 0 Å². The lowest BCUT2D eigenvalue weighted by molar-refractivity contribution is -0.136. The summed E-state index contributed by atoms with van der Waals surface area (Å²) in [5, 5.41) is 32.0. The van der Waals surface area contributed by atoms with Crippen molar-refractivity contribution in [1.29, 1.82) is 0 Å². The van der Waals surface area contributed by atoms with E-state index in [-0.39, 0.29) is 29.6 Å². The van der Waals surface area contributed by atoms with Crippen molar-refractivity contribution in [2.45, 2.75) is 50.4 Å². The predicted molar refractivity (Wildman–Crippen MR) is 221 cm³/mol. The number of phenols is 1. The number of aliphatic hydroxyl groups is 1. The van der Waals surface area contributed by atoms with Gasteiger partial charge < -0.3 is 87.6 Å². The van der Waals surface area contributed by atoms with Crippen LogP contribution in [0.5, 0.6) is 5.75 Å². The Morgan fingerprint density at radius 3 is 1.52 bits per heavy atom. The second-order valence-electron chi connectivity index (χ2n) is 12.5. The first-order valence-electron chi connectivity index (χ1n) is 17.7. The van der Waals surface area contributed by atoms with Crippen LogP contribution in [-0.4, -0.2) is 110 Å². The summed E-state index contributed by atoms with van der Waals surface area (Å²) in [6, 6.07) is 13.3. The molecule has 62 heavy (non-hydrogen) atoms. The minimum absolute atomic E-state index is 0.0303. The van der Waals surface area contributed by atoms with Crippen molar-refractivity contribution in [3.63, 3.8) is 0 Å². The van der Waals surface area contributed by atoms with E-state index in [2.05, 4.69) is 51.2 Å². The molecule has 1 aromatic heterocycles. The molecular weight excluding hydrogens is 817 g/mol. The number of primary amides is 1. The summed E-state index contributed by atoms with van der Waals surface area (Å²) in [7, 11) is 0. The van der Waals surface area contributed by atoms with E-state index in [1.807, 2.05) is 5.32 Å². The van der Waals surface area contributed by atoms with Gasteiger partial charge in [-0.1, -0.05) is 42.5 Å². The molecule has 28 heteroatoms. The number of rotatable bonds is 20. The molecule has 330 valence electrons. The SMILES string of the molecule is CC(N)=NC(NC(=O)C(N=C(N)N)NC(=O)C(N=C(N)N)NC(=O)C(NC(=O)C(O)N(Cc1ccc(O)cc1)c1ncccn1)c1ccccc1)C(=O)NC(N=C(N)N)C(N)=O. The zero-order chi connectivity index (χ0) is 46.1. The lowest BCUT2D eigenvalue weighted by Gasteiger charge is -2.29. The summed E-state index contributed by atoms with van der Waals surface area (Å²) in [5.74, 6) is -9.86. The van der Waals surface area contributed by atoms with Crippen LogP contribution in [0.15, 0.2) is 93.0 Å². The third-order valence-corrected chi connectivity index (χ3v) is 7.61. The molecule has 6 atom stereocenters. The number of aliphatic hydroxyl groups excluding tert-OH is 1. The van der Waals surface area contributed by atoms with Crippen LogP contribution in [0, 0.1) is 0 Å². The summed E-state index contributed by atoms with van der Waals surface area (Å²) in [4.78, 5) is 104. The van der Waals surface area contributed by atoms with E-state index >= 15 is 0 Å². The molecule has 0 saturated carbocycles. The van der Waals surface area contributed by atoms with Crippen molar-refractivity contribution < 1.29 is 39.0 Å². The van der Waals surface area contributed by atoms with Crippen LogP contribution in [-0.2, 0) is 35.3 Å². The highest BCUT2D eigenvalue weighted by atomic mass is 16.3. The van der Waals surface area contributed by atoms with Crippen LogP contribution in [0.1, 0.15) is 24.1 Å². The number of carbonyl (C=O) groups is 6. The van der Waals surface area contributed by atoms with Crippen molar-refractivity contribution in [1.82, 2.24) is 36.6 Å². The van der Waals surface area contributed by atoms with E-state index in [0.717, 1.165) is 4.90 Å². The van der Waals surface area contributed by atoms with Gasteiger partial charge in [0.05, 0.1) is 5.84 Å². The number of amidine groups is 1. The topological polar surface area (TPSA) is 490 Å². The normalized spacial score (nSPS) is 13.7. The van der Waals surface area contributed by atoms with Crippen molar-refractivity contribution >= 4 is 65.1 Å².